The highest BCUT2D eigenvalue weighted by atomic mass is 19.1. The van der Waals surface area contributed by atoms with E-state index >= 15 is 0 Å². The van der Waals surface area contributed by atoms with E-state index in [-0.39, 0.29) is 11.8 Å². The van der Waals surface area contributed by atoms with Crippen molar-refractivity contribution in [3.63, 3.8) is 0 Å². The van der Waals surface area contributed by atoms with Gasteiger partial charge in [0.15, 0.2) is 0 Å². The molecule has 0 aliphatic rings. The molecular weight excluding hydrogens is 297 g/mol. The molecule has 1 heterocycles. The second-order valence-electron chi connectivity index (χ2n) is 4.91. The van der Waals surface area contributed by atoms with Crippen molar-refractivity contribution in [3.8, 4) is 11.5 Å². The second kappa shape index (κ2) is 6.83. The van der Waals surface area contributed by atoms with E-state index in [2.05, 4.69) is 15.5 Å². The van der Waals surface area contributed by atoms with Crippen LogP contribution >= 0.6 is 0 Å². The Bertz CT molecular complexity index is 802. The molecule has 23 heavy (non-hydrogen) atoms. The van der Waals surface area contributed by atoms with Crippen LogP contribution in [0, 0.1) is 5.82 Å². The summed E-state index contributed by atoms with van der Waals surface area (Å²) in [6.45, 7) is 0.459. The molecule has 3 aromatic rings. The molecule has 0 radical (unpaired) electrons. The van der Waals surface area contributed by atoms with Crippen molar-refractivity contribution >= 4 is 5.91 Å². The summed E-state index contributed by atoms with van der Waals surface area (Å²) in [6.07, 6.45) is 0.706. The zero-order chi connectivity index (χ0) is 16.1. The number of carbonyl (C=O) groups is 1. The lowest BCUT2D eigenvalue weighted by atomic mass is 10.1. The van der Waals surface area contributed by atoms with Crippen molar-refractivity contribution in [2.75, 3.05) is 6.54 Å². The number of aromatic nitrogens is 2. The Labute approximate surface area is 132 Å². The standard InChI is InChI=1S/C17H14FN3O2/c18-14-8-4-7-13(11-14)16-20-21-17(23-16)15(22)19-10-9-12-5-2-1-3-6-12/h1-8,11H,9-10H2,(H,19,22). The van der Waals surface area contributed by atoms with Gasteiger partial charge in [0.05, 0.1) is 0 Å². The first-order valence-electron chi connectivity index (χ1n) is 7.14. The quantitative estimate of drug-likeness (QED) is 0.786. The third-order valence-electron chi connectivity index (χ3n) is 3.23. The number of benzene rings is 2. The van der Waals surface area contributed by atoms with Gasteiger partial charge >= 0.3 is 11.8 Å². The summed E-state index contributed by atoms with van der Waals surface area (Å²) in [5.41, 5.74) is 1.56. The van der Waals surface area contributed by atoms with Crippen LogP contribution in [0.15, 0.2) is 59.0 Å². The largest absolute Gasteiger partial charge is 0.412 e. The molecule has 1 N–H and O–H groups in total. The Balaban J connectivity index is 1.60. The predicted octanol–water partition coefficient (Wildman–Crippen LogP) is 2.85. The number of nitrogens with zero attached hydrogens (tertiary/aromatic N) is 2. The Kier molecular flexibility index (Phi) is 4.42. The fourth-order valence-electron chi connectivity index (χ4n) is 2.09. The molecule has 0 saturated heterocycles. The first-order valence-corrected chi connectivity index (χ1v) is 7.14. The fraction of sp³-hybridized carbons (Fsp3) is 0.118. The summed E-state index contributed by atoms with van der Waals surface area (Å²) in [5.74, 6) is -0.888. The van der Waals surface area contributed by atoms with Gasteiger partial charge in [-0.1, -0.05) is 36.4 Å². The number of carbonyl (C=O) groups excluding carboxylic acids is 1. The maximum Gasteiger partial charge on any atom is 0.308 e. The topological polar surface area (TPSA) is 68.0 Å². The molecule has 0 spiro atoms. The van der Waals surface area contributed by atoms with Crippen molar-refractivity contribution in [1.29, 1.82) is 0 Å². The van der Waals surface area contributed by atoms with Gasteiger partial charge in [-0.2, -0.15) is 0 Å². The minimum absolute atomic E-state index is 0.109. The van der Waals surface area contributed by atoms with Gasteiger partial charge in [-0.05, 0) is 30.2 Å². The van der Waals surface area contributed by atoms with Gasteiger partial charge in [0.25, 0.3) is 0 Å². The summed E-state index contributed by atoms with van der Waals surface area (Å²) >= 11 is 0. The van der Waals surface area contributed by atoms with Gasteiger partial charge in [-0.25, -0.2) is 4.39 Å². The Morgan fingerprint density at radius 2 is 1.91 bits per heavy atom. The van der Waals surface area contributed by atoms with Crippen molar-refractivity contribution < 1.29 is 13.6 Å². The highest BCUT2D eigenvalue weighted by molar-refractivity contribution is 5.89. The number of amides is 1. The monoisotopic (exact) mass is 311 g/mol. The van der Waals surface area contributed by atoms with Gasteiger partial charge in [0.2, 0.25) is 5.89 Å². The van der Waals surface area contributed by atoms with E-state index in [0.717, 1.165) is 5.56 Å². The van der Waals surface area contributed by atoms with Crippen molar-refractivity contribution in [2.24, 2.45) is 0 Å². The minimum atomic E-state index is -0.448. The number of rotatable bonds is 5. The molecule has 0 fully saturated rings. The van der Waals surface area contributed by atoms with Crippen molar-refractivity contribution in [2.45, 2.75) is 6.42 Å². The van der Waals surface area contributed by atoms with E-state index in [1.807, 2.05) is 30.3 Å². The van der Waals surface area contributed by atoms with Gasteiger partial charge in [0, 0.05) is 12.1 Å². The molecule has 0 atom stereocenters. The van der Waals surface area contributed by atoms with Crippen molar-refractivity contribution in [3.05, 3.63) is 71.9 Å². The molecule has 0 saturated carbocycles. The molecule has 2 aromatic carbocycles. The van der Waals surface area contributed by atoms with E-state index in [4.69, 9.17) is 4.42 Å². The lowest BCUT2D eigenvalue weighted by Crippen LogP contribution is -2.25. The van der Waals surface area contributed by atoms with E-state index in [1.165, 1.54) is 18.2 Å². The molecule has 0 bridgehead atoms. The average Bonchev–Trinajstić information content (AvgIpc) is 3.06. The molecular formula is C17H14FN3O2. The summed E-state index contributed by atoms with van der Waals surface area (Å²) < 4.78 is 18.5. The lowest BCUT2D eigenvalue weighted by Gasteiger charge is -2.02. The number of nitrogens with one attached hydrogen (secondary N) is 1. The SMILES string of the molecule is O=C(NCCc1ccccc1)c1nnc(-c2cccc(F)c2)o1. The maximum atomic E-state index is 13.2. The zero-order valence-electron chi connectivity index (χ0n) is 12.2. The van der Waals surface area contributed by atoms with E-state index in [0.29, 0.717) is 18.5 Å². The normalized spacial score (nSPS) is 10.5. The van der Waals surface area contributed by atoms with Gasteiger partial charge in [-0.15, -0.1) is 10.2 Å². The minimum Gasteiger partial charge on any atom is -0.412 e. The summed E-state index contributed by atoms with van der Waals surface area (Å²) in [5, 5.41) is 10.2. The second-order valence-corrected chi connectivity index (χ2v) is 4.91. The molecule has 5 nitrogen and oxygen atoms in total. The van der Waals surface area contributed by atoms with Crippen LogP contribution in [0.5, 0.6) is 0 Å². The van der Waals surface area contributed by atoms with Gasteiger partial charge in [-0.3, -0.25) is 4.79 Å². The number of hydrogen-bond acceptors (Lipinski definition) is 4. The summed E-state index contributed by atoms with van der Waals surface area (Å²) in [6, 6.07) is 15.6. The lowest BCUT2D eigenvalue weighted by molar-refractivity contribution is 0.0920. The van der Waals surface area contributed by atoms with Crippen LogP contribution in [0.3, 0.4) is 0 Å². The summed E-state index contributed by atoms with van der Waals surface area (Å²) in [7, 11) is 0. The fourth-order valence-corrected chi connectivity index (χ4v) is 2.09. The van der Waals surface area contributed by atoms with E-state index in [1.54, 1.807) is 6.07 Å². The molecule has 0 aliphatic heterocycles. The van der Waals surface area contributed by atoms with E-state index in [9.17, 15) is 9.18 Å². The molecule has 1 amide bonds. The first kappa shape index (κ1) is 14.9. The Hall–Kier alpha value is -3.02. The average molecular weight is 311 g/mol. The molecule has 1 aromatic heterocycles. The smallest absolute Gasteiger partial charge is 0.308 e. The van der Waals surface area contributed by atoms with Crippen LogP contribution in [0.4, 0.5) is 4.39 Å². The highest BCUT2D eigenvalue weighted by Gasteiger charge is 2.15. The van der Waals surface area contributed by atoms with Crippen LogP contribution in [0.2, 0.25) is 0 Å². The Morgan fingerprint density at radius 3 is 2.70 bits per heavy atom. The number of halogens is 1. The molecule has 6 heteroatoms. The predicted molar refractivity (Wildman–Crippen MR) is 82.2 cm³/mol. The zero-order valence-corrected chi connectivity index (χ0v) is 12.2. The third kappa shape index (κ3) is 3.79. The molecule has 0 unspecified atom stereocenters. The highest BCUT2D eigenvalue weighted by Crippen LogP contribution is 2.18. The molecule has 0 aliphatic carbocycles. The van der Waals surface area contributed by atoms with Crippen LogP contribution in [-0.2, 0) is 6.42 Å². The van der Waals surface area contributed by atoms with Gasteiger partial charge in [0.1, 0.15) is 5.82 Å². The van der Waals surface area contributed by atoms with E-state index < -0.39 is 11.7 Å². The van der Waals surface area contributed by atoms with Crippen LogP contribution < -0.4 is 5.32 Å². The molecule has 116 valence electrons. The van der Waals surface area contributed by atoms with Crippen LogP contribution in [0.25, 0.3) is 11.5 Å². The first-order chi connectivity index (χ1) is 11.2. The maximum absolute atomic E-state index is 13.2. The van der Waals surface area contributed by atoms with Crippen LogP contribution in [0.1, 0.15) is 16.2 Å². The molecule has 3 rings (SSSR count). The van der Waals surface area contributed by atoms with Crippen LogP contribution in [-0.4, -0.2) is 22.6 Å². The number of hydrogen-bond donors (Lipinski definition) is 1. The van der Waals surface area contributed by atoms with Gasteiger partial charge < -0.3 is 9.73 Å². The van der Waals surface area contributed by atoms with Crippen molar-refractivity contribution in [1.82, 2.24) is 15.5 Å². The third-order valence-corrected chi connectivity index (χ3v) is 3.23. The summed E-state index contributed by atoms with van der Waals surface area (Å²) in [4.78, 5) is 12.0. The Morgan fingerprint density at radius 1 is 1.09 bits per heavy atom.